The van der Waals surface area contributed by atoms with Crippen molar-refractivity contribution < 1.29 is 9.72 Å². The predicted molar refractivity (Wildman–Crippen MR) is 86.5 cm³/mol. The van der Waals surface area contributed by atoms with Gasteiger partial charge in [-0.15, -0.1) is 0 Å². The van der Waals surface area contributed by atoms with Gasteiger partial charge in [-0.05, 0) is 24.3 Å². The molecule has 3 rings (SSSR count). The van der Waals surface area contributed by atoms with E-state index in [2.05, 4.69) is 16.4 Å². The van der Waals surface area contributed by atoms with Crippen LogP contribution in [0.5, 0.6) is 5.75 Å². The summed E-state index contributed by atoms with van der Waals surface area (Å²) in [5.74, 6) is 0.821. The van der Waals surface area contributed by atoms with E-state index in [0.29, 0.717) is 5.02 Å². The SMILES string of the molecule is COc1cccc(Nc2cc(C)[nH+]c3ccc(Cl)cc23)c1. The molecule has 3 aromatic rings. The number of aryl methyl sites for hydroxylation is 1. The first-order valence-electron chi connectivity index (χ1n) is 6.69. The number of anilines is 2. The lowest BCUT2D eigenvalue weighted by molar-refractivity contribution is -0.354. The minimum absolute atomic E-state index is 0.716. The summed E-state index contributed by atoms with van der Waals surface area (Å²) in [4.78, 5) is 3.34. The number of fused-ring (bicyclic) bond motifs is 1. The Bertz CT molecular complexity index is 802. The monoisotopic (exact) mass is 299 g/mol. The fourth-order valence-electron chi connectivity index (χ4n) is 2.35. The van der Waals surface area contributed by atoms with Gasteiger partial charge in [0.25, 0.3) is 0 Å². The van der Waals surface area contributed by atoms with Gasteiger partial charge < -0.3 is 10.1 Å². The van der Waals surface area contributed by atoms with Crippen molar-refractivity contribution in [3.8, 4) is 5.75 Å². The second-order valence-corrected chi connectivity index (χ2v) is 5.35. The van der Waals surface area contributed by atoms with Crippen LogP contribution in [0.15, 0.2) is 48.5 Å². The third-order valence-corrected chi connectivity index (χ3v) is 3.55. The number of methoxy groups -OCH3 is 1. The highest BCUT2D eigenvalue weighted by Crippen LogP contribution is 2.28. The van der Waals surface area contributed by atoms with Gasteiger partial charge in [-0.25, -0.2) is 4.98 Å². The zero-order valence-corrected chi connectivity index (χ0v) is 12.7. The quantitative estimate of drug-likeness (QED) is 0.779. The van der Waals surface area contributed by atoms with E-state index in [1.807, 2.05) is 49.4 Å². The lowest BCUT2D eigenvalue weighted by Crippen LogP contribution is -2.09. The number of nitrogens with one attached hydrogen (secondary N) is 2. The van der Waals surface area contributed by atoms with E-state index in [1.54, 1.807) is 7.11 Å². The van der Waals surface area contributed by atoms with Crippen molar-refractivity contribution in [3.63, 3.8) is 0 Å². The van der Waals surface area contributed by atoms with Gasteiger partial charge in [0, 0.05) is 35.8 Å². The molecule has 0 saturated heterocycles. The number of pyridine rings is 1. The van der Waals surface area contributed by atoms with E-state index in [9.17, 15) is 0 Å². The van der Waals surface area contributed by atoms with Crippen molar-refractivity contribution in [2.24, 2.45) is 0 Å². The normalized spacial score (nSPS) is 10.6. The van der Waals surface area contributed by atoms with E-state index < -0.39 is 0 Å². The van der Waals surface area contributed by atoms with Gasteiger partial charge in [-0.3, -0.25) is 0 Å². The molecule has 0 atom stereocenters. The fourth-order valence-corrected chi connectivity index (χ4v) is 2.52. The summed E-state index contributed by atoms with van der Waals surface area (Å²) in [6.07, 6.45) is 0. The van der Waals surface area contributed by atoms with E-state index in [4.69, 9.17) is 16.3 Å². The number of ether oxygens (including phenoxy) is 1. The molecule has 0 unspecified atom stereocenters. The highest BCUT2D eigenvalue weighted by atomic mass is 35.5. The zero-order chi connectivity index (χ0) is 14.8. The Labute approximate surface area is 128 Å². The van der Waals surface area contributed by atoms with Gasteiger partial charge >= 0.3 is 0 Å². The van der Waals surface area contributed by atoms with Crippen LogP contribution in [0.1, 0.15) is 5.69 Å². The molecule has 2 aromatic carbocycles. The Morgan fingerprint density at radius 1 is 1.10 bits per heavy atom. The molecule has 106 valence electrons. The maximum absolute atomic E-state index is 6.12. The number of halogens is 1. The lowest BCUT2D eigenvalue weighted by Gasteiger charge is -2.10. The van der Waals surface area contributed by atoms with Crippen LogP contribution < -0.4 is 15.0 Å². The smallest absolute Gasteiger partial charge is 0.213 e. The standard InChI is InChI=1S/C17H15ClN2O/c1-11-8-17(15-9-12(18)6-7-16(15)19-11)20-13-4-3-5-14(10-13)21-2/h3-10H,1-2H3,(H,19,20)/p+1. The number of H-pyrrole nitrogens is 1. The van der Waals surface area contributed by atoms with Crippen LogP contribution in [0, 0.1) is 6.92 Å². The third-order valence-electron chi connectivity index (χ3n) is 3.31. The Hall–Kier alpha value is -2.26. The van der Waals surface area contributed by atoms with Crippen molar-refractivity contribution in [3.05, 3.63) is 59.2 Å². The summed E-state index contributed by atoms with van der Waals surface area (Å²) in [7, 11) is 1.66. The van der Waals surface area contributed by atoms with Crippen LogP contribution in [-0.2, 0) is 0 Å². The largest absolute Gasteiger partial charge is 0.497 e. The first-order chi connectivity index (χ1) is 10.2. The number of hydrogen-bond donors (Lipinski definition) is 1. The third kappa shape index (κ3) is 2.93. The van der Waals surface area contributed by atoms with Crippen LogP contribution in [-0.4, -0.2) is 7.11 Å². The first kappa shape index (κ1) is 13.7. The molecule has 0 aliphatic heterocycles. The van der Waals surface area contributed by atoms with Crippen molar-refractivity contribution >= 4 is 33.9 Å². The van der Waals surface area contributed by atoms with Gasteiger partial charge in [0.05, 0.1) is 18.2 Å². The minimum atomic E-state index is 0.716. The van der Waals surface area contributed by atoms with Gasteiger partial charge in [0.1, 0.15) is 5.75 Å². The number of hydrogen-bond acceptors (Lipinski definition) is 2. The molecule has 0 fully saturated rings. The van der Waals surface area contributed by atoms with Gasteiger partial charge in [-0.2, -0.15) is 0 Å². The molecule has 21 heavy (non-hydrogen) atoms. The van der Waals surface area contributed by atoms with Crippen LogP contribution in [0.4, 0.5) is 11.4 Å². The first-order valence-corrected chi connectivity index (χ1v) is 7.07. The molecule has 0 bridgehead atoms. The van der Waals surface area contributed by atoms with E-state index >= 15 is 0 Å². The van der Waals surface area contributed by atoms with Crippen LogP contribution in [0.2, 0.25) is 5.02 Å². The van der Waals surface area contributed by atoms with Crippen molar-refractivity contribution in [1.29, 1.82) is 0 Å². The summed E-state index contributed by atoms with van der Waals surface area (Å²) in [6, 6.07) is 15.7. The molecule has 0 saturated carbocycles. The van der Waals surface area contributed by atoms with Crippen LogP contribution in [0.3, 0.4) is 0 Å². The van der Waals surface area contributed by atoms with Crippen molar-refractivity contribution in [2.45, 2.75) is 6.92 Å². The Balaban J connectivity index is 2.08. The van der Waals surface area contributed by atoms with Gasteiger partial charge in [0.15, 0.2) is 5.69 Å². The van der Waals surface area contributed by atoms with Crippen LogP contribution in [0.25, 0.3) is 10.9 Å². The number of aromatic amines is 1. The maximum atomic E-state index is 6.12. The summed E-state index contributed by atoms with van der Waals surface area (Å²) in [6.45, 7) is 2.03. The molecular formula is C17H16ClN2O+. The molecule has 4 heteroatoms. The van der Waals surface area contributed by atoms with E-state index in [1.165, 1.54) is 0 Å². The molecule has 3 nitrogen and oxygen atoms in total. The van der Waals surface area contributed by atoms with E-state index in [0.717, 1.165) is 33.7 Å². The number of aromatic nitrogens is 1. The summed E-state index contributed by atoms with van der Waals surface area (Å²) < 4.78 is 5.26. The highest BCUT2D eigenvalue weighted by Gasteiger charge is 2.10. The van der Waals surface area contributed by atoms with Gasteiger partial charge in [-0.1, -0.05) is 17.7 Å². The van der Waals surface area contributed by atoms with Gasteiger partial charge in [0.2, 0.25) is 5.52 Å². The minimum Gasteiger partial charge on any atom is -0.497 e. The summed E-state index contributed by atoms with van der Waals surface area (Å²) >= 11 is 6.12. The molecule has 0 radical (unpaired) electrons. The molecule has 0 amide bonds. The molecule has 1 heterocycles. The summed E-state index contributed by atoms with van der Waals surface area (Å²) in [5.41, 5.74) is 4.11. The average Bonchev–Trinajstić information content (AvgIpc) is 2.48. The number of benzene rings is 2. The topological polar surface area (TPSA) is 35.4 Å². The number of rotatable bonds is 3. The van der Waals surface area contributed by atoms with Crippen molar-refractivity contribution in [1.82, 2.24) is 0 Å². The fraction of sp³-hybridized carbons (Fsp3) is 0.118. The predicted octanol–water partition coefficient (Wildman–Crippen LogP) is 4.37. The molecule has 2 N–H and O–H groups in total. The molecule has 1 aromatic heterocycles. The Kier molecular flexibility index (Phi) is 3.67. The average molecular weight is 300 g/mol. The molecule has 0 aliphatic carbocycles. The van der Waals surface area contributed by atoms with Crippen LogP contribution >= 0.6 is 11.6 Å². The summed E-state index contributed by atoms with van der Waals surface area (Å²) in [5, 5.41) is 5.20. The van der Waals surface area contributed by atoms with Crippen molar-refractivity contribution in [2.75, 3.05) is 12.4 Å². The second-order valence-electron chi connectivity index (χ2n) is 4.91. The lowest BCUT2D eigenvalue weighted by atomic mass is 10.1. The van der Waals surface area contributed by atoms with E-state index in [-0.39, 0.29) is 0 Å². The zero-order valence-electron chi connectivity index (χ0n) is 11.9. The second kappa shape index (κ2) is 5.62. The maximum Gasteiger partial charge on any atom is 0.213 e. The highest BCUT2D eigenvalue weighted by molar-refractivity contribution is 6.31. The molecule has 0 aliphatic rings. The Morgan fingerprint density at radius 2 is 1.95 bits per heavy atom. The molecule has 0 spiro atoms. The Morgan fingerprint density at radius 3 is 2.76 bits per heavy atom. The molecular weight excluding hydrogens is 284 g/mol.